The van der Waals surface area contributed by atoms with Crippen LogP contribution in [-0.2, 0) is 21.7 Å². The van der Waals surface area contributed by atoms with E-state index >= 15 is 0 Å². The van der Waals surface area contributed by atoms with Crippen molar-refractivity contribution in [2.75, 3.05) is 13.1 Å². The van der Waals surface area contributed by atoms with Gasteiger partial charge in [0.2, 0.25) is 0 Å². The number of halogens is 2. The summed E-state index contributed by atoms with van der Waals surface area (Å²) in [5.41, 5.74) is 4.41. The van der Waals surface area contributed by atoms with Crippen molar-refractivity contribution >= 4 is 24.8 Å². The second kappa shape index (κ2) is 13.0. The molecule has 0 spiro atoms. The summed E-state index contributed by atoms with van der Waals surface area (Å²) in [6.07, 6.45) is 8.92. The Kier molecular flexibility index (Phi) is 16.1. The van der Waals surface area contributed by atoms with Gasteiger partial charge in [-0.2, -0.15) is 11.1 Å². The maximum absolute atomic E-state index is 3.76. The fraction of sp³-hybridized carbons (Fsp3) is 0.789. The first kappa shape index (κ1) is 28.5. The van der Waals surface area contributed by atoms with Gasteiger partial charge >= 0.3 is 0 Å². The van der Waals surface area contributed by atoms with Crippen LogP contribution in [0.15, 0.2) is 16.7 Å². The van der Waals surface area contributed by atoms with Crippen molar-refractivity contribution in [3.05, 3.63) is 22.8 Å². The third-order valence-corrected chi connectivity index (χ3v) is 5.33. The van der Waals surface area contributed by atoms with Gasteiger partial charge in [0.05, 0.1) is 0 Å². The van der Waals surface area contributed by atoms with Crippen LogP contribution in [0.4, 0.5) is 0 Å². The minimum atomic E-state index is 0. The third kappa shape index (κ3) is 6.86. The smallest absolute Gasteiger partial charge is 0.00170 e. The van der Waals surface area contributed by atoms with Crippen molar-refractivity contribution in [3.8, 4) is 0 Å². The second-order valence-electron chi connectivity index (χ2n) is 6.62. The number of unbranched alkanes of at least 4 members (excludes halogenated alkanes) is 2. The SMILES string of the molecule is CCCCN(CCCC)C(C)C1(C)[C-]=C(C)C(C)=C1C.Cl.Cl.[Ti]. The van der Waals surface area contributed by atoms with E-state index in [9.17, 15) is 0 Å². The summed E-state index contributed by atoms with van der Waals surface area (Å²) in [5.74, 6) is 0. The normalized spacial score (nSPS) is 21.3. The molecule has 136 valence electrons. The summed E-state index contributed by atoms with van der Waals surface area (Å²) in [5, 5.41) is 0. The Morgan fingerprint density at radius 2 is 1.43 bits per heavy atom. The summed E-state index contributed by atoms with van der Waals surface area (Å²) < 4.78 is 0. The first-order chi connectivity index (χ1) is 9.38. The molecule has 4 heteroatoms. The molecule has 0 heterocycles. The number of hydrogen-bond acceptors (Lipinski definition) is 1. The van der Waals surface area contributed by atoms with Crippen molar-refractivity contribution in [1.82, 2.24) is 4.90 Å². The van der Waals surface area contributed by atoms with E-state index in [-0.39, 0.29) is 51.9 Å². The van der Waals surface area contributed by atoms with Crippen LogP contribution in [0, 0.1) is 11.5 Å². The average Bonchev–Trinajstić information content (AvgIpc) is 2.63. The molecule has 1 aliphatic rings. The van der Waals surface area contributed by atoms with Crippen LogP contribution in [0.5, 0.6) is 0 Å². The minimum absolute atomic E-state index is 0. The van der Waals surface area contributed by atoms with Crippen molar-refractivity contribution in [1.29, 1.82) is 0 Å². The third-order valence-electron chi connectivity index (χ3n) is 5.33. The van der Waals surface area contributed by atoms with Crippen molar-refractivity contribution < 1.29 is 21.7 Å². The molecule has 0 aliphatic heterocycles. The van der Waals surface area contributed by atoms with Gasteiger partial charge in [0.1, 0.15) is 0 Å². The Hall–Kier alpha value is 0.734. The van der Waals surface area contributed by atoms with Gasteiger partial charge in [-0.15, -0.1) is 31.7 Å². The topological polar surface area (TPSA) is 3.24 Å². The fourth-order valence-corrected chi connectivity index (χ4v) is 3.25. The molecule has 0 saturated carbocycles. The summed E-state index contributed by atoms with van der Waals surface area (Å²) in [4.78, 5) is 2.69. The molecule has 0 aromatic heterocycles. The molecule has 0 fully saturated rings. The Bertz CT molecular complexity index is 385. The Labute approximate surface area is 172 Å². The number of rotatable bonds is 8. The van der Waals surface area contributed by atoms with Gasteiger partial charge in [0, 0.05) is 27.8 Å². The monoisotopic (exact) mass is 396 g/mol. The molecule has 0 aromatic rings. The Balaban J connectivity index is -0.00000133. The van der Waals surface area contributed by atoms with Crippen LogP contribution in [0.2, 0.25) is 0 Å². The van der Waals surface area contributed by atoms with E-state index < -0.39 is 0 Å². The molecule has 0 saturated heterocycles. The molecule has 1 aliphatic carbocycles. The molecule has 23 heavy (non-hydrogen) atoms. The fourth-order valence-electron chi connectivity index (χ4n) is 3.25. The number of hydrogen-bond donors (Lipinski definition) is 0. The van der Waals surface area contributed by atoms with Crippen molar-refractivity contribution in [2.45, 2.75) is 80.2 Å². The van der Waals surface area contributed by atoms with Gasteiger partial charge in [-0.25, -0.2) is 5.57 Å². The van der Waals surface area contributed by atoms with E-state index in [4.69, 9.17) is 0 Å². The molecule has 0 amide bonds. The summed E-state index contributed by atoms with van der Waals surface area (Å²) in [7, 11) is 0. The van der Waals surface area contributed by atoms with Crippen molar-refractivity contribution in [3.63, 3.8) is 0 Å². The van der Waals surface area contributed by atoms with E-state index in [1.807, 2.05) is 0 Å². The second-order valence-corrected chi connectivity index (χ2v) is 6.62. The number of nitrogens with zero attached hydrogens (tertiary/aromatic N) is 1. The Morgan fingerprint density at radius 3 is 1.74 bits per heavy atom. The van der Waals surface area contributed by atoms with E-state index in [0.717, 1.165) is 0 Å². The van der Waals surface area contributed by atoms with E-state index in [0.29, 0.717) is 6.04 Å². The molecule has 0 bridgehead atoms. The van der Waals surface area contributed by atoms with E-state index in [1.165, 1.54) is 55.5 Å². The molecule has 0 N–H and O–H groups in total. The molecular weight excluding hydrogens is 361 g/mol. The summed E-state index contributed by atoms with van der Waals surface area (Å²) >= 11 is 0. The average molecular weight is 397 g/mol. The maximum Gasteiger partial charge on any atom is 0.00170 e. The van der Waals surface area contributed by atoms with Crippen LogP contribution >= 0.6 is 24.8 Å². The molecule has 2 atom stereocenters. The summed E-state index contributed by atoms with van der Waals surface area (Å²) in [6, 6.07) is 0.535. The molecule has 0 radical (unpaired) electrons. The van der Waals surface area contributed by atoms with Gasteiger partial charge in [-0.1, -0.05) is 52.9 Å². The minimum Gasteiger partial charge on any atom is -0.301 e. The van der Waals surface area contributed by atoms with E-state index in [2.05, 4.69) is 59.4 Å². The largest absolute Gasteiger partial charge is 0.301 e. The first-order valence-corrected chi connectivity index (χ1v) is 8.42. The zero-order valence-corrected chi connectivity index (χ0v) is 19.3. The zero-order valence-electron chi connectivity index (χ0n) is 16.1. The van der Waals surface area contributed by atoms with E-state index in [1.54, 1.807) is 0 Å². The van der Waals surface area contributed by atoms with Crippen LogP contribution < -0.4 is 0 Å². The van der Waals surface area contributed by atoms with Gasteiger partial charge in [-0.05, 0) is 32.9 Å². The zero-order chi connectivity index (χ0) is 15.3. The molecule has 1 rings (SSSR count). The molecule has 0 aromatic carbocycles. The first-order valence-electron chi connectivity index (χ1n) is 8.42. The van der Waals surface area contributed by atoms with Crippen LogP contribution in [0.1, 0.15) is 74.1 Å². The van der Waals surface area contributed by atoms with Gasteiger partial charge in [0.15, 0.2) is 0 Å². The van der Waals surface area contributed by atoms with Gasteiger partial charge in [-0.3, -0.25) is 6.08 Å². The standard InChI is InChI=1S/C19H34N.2ClH.Ti/c1-8-10-12-20(13-11-9-2)18(6)19(7)14-15(3)16(4)17(19)5;;;/h18H,8-13H2,1-7H3;2*1H;/q-1;;;. The van der Waals surface area contributed by atoms with Gasteiger partial charge in [0.25, 0.3) is 0 Å². The Morgan fingerprint density at radius 1 is 1.00 bits per heavy atom. The maximum atomic E-state index is 3.76. The predicted molar refractivity (Wildman–Crippen MR) is 104 cm³/mol. The predicted octanol–water partition coefficient (Wildman–Crippen LogP) is 6.22. The number of allylic oxidation sites excluding steroid dienone is 2. The molecule has 2 unspecified atom stereocenters. The quantitative estimate of drug-likeness (QED) is 0.347. The van der Waals surface area contributed by atoms with Crippen molar-refractivity contribution in [2.24, 2.45) is 5.41 Å². The van der Waals surface area contributed by atoms with Crippen LogP contribution in [-0.4, -0.2) is 24.0 Å². The summed E-state index contributed by atoms with van der Waals surface area (Å²) in [6.45, 7) is 18.5. The molecular formula is C19H36Cl2NTi-. The van der Waals surface area contributed by atoms with Crippen LogP contribution in [0.25, 0.3) is 0 Å². The molecule has 1 nitrogen and oxygen atoms in total. The van der Waals surface area contributed by atoms with Crippen LogP contribution in [0.3, 0.4) is 0 Å². The van der Waals surface area contributed by atoms with Gasteiger partial charge < -0.3 is 4.90 Å².